The summed E-state index contributed by atoms with van der Waals surface area (Å²) in [5.74, 6) is 0.793. The van der Waals surface area contributed by atoms with Crippen molar-refractivity contribution in [3.05, 3.63) is 79.7 Å². The number of hydrogen-bond acceptors (Lipinski definition) is 6. The van der Waals surface area contributed by atoms with Gasteiger partial charge in [0.25, 0.3) is 5.56 Å². The summed E-state index contributed by atoms with van der Waals surface area (Å²) in [5, 5.41) is 4.05. The second-order valence-corrected chi connectivity index (χ2v) is 8.98. The lowest BCUT2D eigenvalue weighted by atomic mass is 10.2. The number of ether oxygens (including phenoxy) is 1. The van der Waals surface area contributed by atoms with Gasteiger partial charge in [-0.1, -0.05) is 35.6 Å². The van der Waals surface area contributed by atoms with Crippen LogP contribution in [0.25, 0.3) is 32.2 Å². The maximum absolute atomic E-state index is 13.2. The smallest absolute Gasteiger partial charge is 0.274 e. The standard InChI is InChI=1S/C21H14N2O2S3/c1-25-14-8-6-13(7-9-14)12-17-20(24)23-19(16-5-3-11-27-16)18(22-21(23)28-17)15-4-2-10-26-15/h2-12H,1H3/b17-12-. The zero-order chi connectivity index (χ0) is 19.1. The molecular formula is C21H14N2O2S3. The fourth-order valence-electron chi connectivity index (χ4n) is 3.08. The van der Waals surface area contributed by atoms with Gasteiger partial charge < -0.3 is 4.74 Å². The van der Waals surface area contributed by atoms with Crippen LogP contribution in [0.15, 0.2) is 64.1 Å². The molecule has 0 aliphatic rings. The van der Waals surface area contributed by atoms with Gasteiger partial charge in [0.05, 0.1) is 27.1 Å². The molecule has 0 radical (unpaired) electrons. The van der Waals surface area contributed by atoms with E-state index in [4.69, 9.17) is 9.72 Å². The highest BCUT2D eigenvalue weighted by molar-refractivity contribution is 7.16. The molecule has 5 rings (SSSR count). The van der Waals surface area contributed by atoms with E-state index in [0.29, 0.717) is 4.53 Å². The van der Waals surface area contributed by atoms with Crippen LogP contribution >= 0.6 is 34.0 Å². The summed E-state index contributed by atoms with van der Waals surface area (Å²) in [6.45, 7) is 0. The van der Waals surface area contributed by atoms with Crippen molar-refractivity contribution >= 4 is 45.0 Å². The number of thiazole rings is 1. The van der Waals surface area contributed by atoms with E-state index in [9.17, 15) is 4.79 Å². The minimum absolute atomic E-state index is 0.0328. The zero-order valence-electron chi connectivity index (χ0n) is 14.8. The number of fused-ring (bicyclic) bond motifs is 1. The molecule has 5 aromatic rings. The van der Waals surface area contributed by atoms with Crippen LogP contribution in [-0.4, -0.2) is 16.5 Å². The molecule has 0 N–H and O–H groups in total. The van der Waals surface area contributed by atoms with E-state index in [1.165, 1.54) is 11.3 Å². The van der Waals surface area contributed by atoms with Crippen molar-refractivity contribution in [1.29, 1.82) is 0 Å². The number of aromatic nitrogens is 2. The normalized spacial score (nSPS) is 12.1. The fourth-order valence-corrected chi connectivity index (χ4v) is 5.53. The highest BCUT2D eigenvalue weighted by Gasteiger charge is 2.21. The van der Waals surface area contributed by atoms with Crippen molar-refractivity contribution in [3.63, 3.8) is 0 Å². The van der Waals surface area contributed by atoms with Gasteiger partial charge in [0, 0.05) is 0 Å². The van der Waals surface area contributed by atoms with Crippen LogP contribution in [0.5, 0.6) is 5.75 Å². The lowest BCUT2D eigenvalue weighted by molar-refractivity contribution is 0.415. The quantitative estimate of drug-likeness (QED) is 0.419. The number of nitrogens with zero attached hydrogens (tertiary/aromatic N) is 2. The van der Waals surface area contributed by atoms with Crippen molar-refractivity contribution < 1.29 is 4.74 Å². The Bertz CT molecular complexity index is 1350. The molecule has 1 aromatic carbocycles. The number of hydrogen-bond donors (Lipinski definition) is 0. The third kappa shape index (κ3) is 2.88. The Morgan fingerprint density at radius 3 is 2.36 bits per heavy atom. The lowest BCUT2D eigenvalue weighted by Gasteiger charge is -1.99. The first-order valence-electron chi connectivity index (χ1n) is 8.53. The summed E-state index contributed by atoms with van der Waals surface area (Å²) in [5.41, 5.74) is 2.67. The number of thiophene rings is 2. The molecule has 0 aliphatic heterocycles. The first-order valence-corrected chi connectivity index (χ1v) is 11.1. The topological polar surface area (TPSA) is 43.6 Å². The van der Waals surface area contributed by atoms with Crippen LogP contribution in [0.3, 0.4) is 0 Å². The molecule has 0 amide bonds. The van der Waals surface area contributed by atoms with Gasteiger partial charge >= 0.3 is 0 Å². The van der Waals surface area contributed by atoms with Crippen LogP contribution in [0.2, 0.25) is 0 Å². The Balaban J connectivity index is 1.74. The summed E-state index contributed by atoms with van der Waals surface area (Å²) in [7, 11) is 1.64. The van der Waals surface area contributed by atoms with Gasteiger partial charge in [-0.15, -0.1) is 22.7 Å². The van der Waals surface area contributed by atoms with Crippen LogP contribution in [0.4, 0.5) is 0 Å². The van der Waals surface area contributed by atoms with Crippen molar-refractivity contribution in [2.75, 3.05) is 7.11 Å². The van der Waals surface area contributed by atoms with Gasteiger partial charge in [0.1, 0.15) is 11.4 Å². The second-order valence-electron chi connectivity index (χ2n) is 6.07. The van der Waals surface area contributed by atoms with Crippen LogP contribution in [-0.2, 0) is 0 Å². The molecule has 4 nitrogen and oxygen atoms in total. The summed E-state index contributed by atoms with van der Waals surface area (Å²) in [4.78, 5) is 20.9. The largest absolute Gasteiger partial charge is 0.497 e. The van der Waals surface area contributed by atoms with Gasteiger partial charge in [0.15, 0.2) is 4.96 Å². The Labute approximate surface area is 172 Å². The Morgan fingerprint density at radius 1 is 1.00 bits per heavy atom. The van der Waals surface area contributed by atoms with Crippen LogP contribution < -0.4 is 14.8 Å². The maximum Gasteiger partial charge on any atom is 0.274 e. The zero-order valence-corrected chi connectivity index (χ0v) is 17.2. The maximum atomic E-state index is 13.2. The highest BCUT2D eigenvalue weighted by Crippen LogP contribution is 2.36. The molecule has 7 heteroatoms. The molecule has 28 heavy (non-hydrogen) atoms. The van der Waals surface area contributed by atoms with Gasteiger partial charge in [-0.05, 0) is 46.7 Å². The Kier molecular flexibility index (Phi) is 4.35. The third-order valence-electron chi connectivity index (χ3n) is 4.38. The molecule has 0 fully saturated rings. The average molecular weight is 423 g/mol. The minimum atomic E-state index is -0.0328. The van der Waals surface area contributed by atoms with Gasteiger partial charge in [-0.2, -0.15) is 0 Å². The molecule has 0 bridgehead atoms. The van der Waals surface area contributed by atoms with Crippen molar-refractivity contribution in [2.45, 2.75) is 0 Å². The number of methoxy groups -OCH3 is 1. The molecule has 4 heterocycles. The van der Waals surface area contributed by atoms with Gasteiger partial charge in [0.2, 0.25) is 0 Å². The van der Waals surface area contributed by atoms with E-state index >= 15 is 0 Å². The molecule has 0 saturated carbocycles. The van der Waals surface area contributed by atoms with Crippen molar-refractivity contribution in [1.82, 2.24) is 9.38 Å². The van der Waals surface area contributed by atoms with E-state index < -0.39 is 0 Å². The summed E-state index contributed by atoms with van der Waals surface area (Å²) >= 11 is 4.67. The number of benzene rings is 1. The molecule has 4 aromatic heterocycles. The van der Waals surface area contributed by atoms with Gasteiger partial charge in [-0.3, -0.25) is 4.79 Å². The molecule has 0 aliphatic carbocycles. The molecule has 0 saturated heterocycles. The monoisotopic (exact) mass is 422 g/mol. The number of imidazole rings is 1. The average Bonchev–Trinajstić information content (AvgIpc) is 3.49. The van der Waals surface area contributed by atoms with Crippen LogP contribution in [0, 0.1) is 0 Å². The lowest BCUT2D eigenvalue weighted by Crippen LogP contribution is -2.23. The predicted octanol–water partition coefficient (Wildman–Crippen LogP) is 4.77. The summed E-state index contributed by atoms with van der Waals surface area (Å²) in [6, 6.07) is 15.8. The van der Waals surface area contributed by atoms with E-state index in [2.05, 4.69) is 0 Å². The fraction of sp³-hybridized carbons (Fsp3) is 0.0476. The predicted molar refractivity (Wildman–Crippen MR) is 118 cm³/mol. The first-order chi connectivity index (χ1) is 13.7. The first kappa shape index (κ1) is 17.4. The SMILES string of the molecule is COc1ccc(/C=c2\sc3nc(-c4cccs4)c(-c4cccs4)n3c2=O)cc1. The highest BCUT2D eigenvalue weighted by atomic mass is 32.1. The Morgan fingerprint density at radius 2 is 1.71 bits per heavy atom. The third-order valence-corrected chi connectivity index (χ3v) is 7.11. The van der Waals surface area contributed by atoms with E-state index in [1.54, 1.807) is 34.2 Å². The molecular weight excluding hydrogens is 408 g/mol. The van der Waals surface area contributed by atoms with E-state index in [-0.39, 0.29) is 5.56 Å². The Hall–Kier alpha value is -2.74. The molecule has 0 atom stereocenters. The van der Waals surface area contributed by atoms with Gasteiger partial charge in [-0.25, -0.2) is 9.38 Å². The molecule has 0 spiro atoms. The van der Waals surface area contributed by atoms with Crippen molar-refractivity contribution in [3.8, 4) is 26.9 Å². The van der Waals surface area contributed by atoms with Crippen LogP contribution in [0.1, 0.15) is 5.56 Å². The molecule has 138 valence electrons. The van der Waals surface area contributed by atoms with E-state index in [0.717, 1.165) is 37.4 Å². The second kappa shape index (κ2) is 7.01. The number of rotatable bonds is 4. The molecule has 0 unspecified atom stereocenters. The summed E-state index contributed by atoms with van der Waals surface area (Å²) < 4.78 is 7.62. The van der Waals surface area contributed by atoms with Crippen molar-refractivity contribution in [2.24, 2.45) is 0 Å². The minimum Gasteiger partial charge on any atom is -0.497 e. The van der Waals surface area contributed by atoms with E-state index in [1.807, 2.05) is 65.4 Å². The summed E-state index contributed by atoms with van der Waals surface area (Å²) in [6.07, 6.45) is 1.91.